The molecule has 14 heteroatoms. The van der Waals surface area contributed by atoms with Crippen molar-refractivity contribution in [1.82, 2.24) is 29.1 Å². The summed E-state index contributed by atoms with van der Waals surface area (Å²) in [6.07, 6.45) is -8.79. The molecule has 36 heavy (non-hydrogen) atoms. The summed E-state index contributed by atoms with van der Waals surface area (Å²) >= 11 is 12.2. The summed E-state index contributed by atoms with van der Waals surface area (Å²) in [6.45, 7) is 0.0750. The average Bonchev–Trinajstić information content (AvgIpc) is 3.36. The molecule has 0 aliphatic rings. The third kappa shape index (κ3) is 5.31. The Morgan fingerprint density at radius 2 is 1.69 bits per heavy atom. The van der Waals surface area contributed by atoms with Gasteiger partial charge in [-0.05, 0) is 43.3 Å². The van der Waals surface area contributed by atoms with Gasteiger partial charge in [0.25, 0.3) is 0 Å². The van der Waals surface area contributed by atoms with Gasteiger partial charge in [-0.2, -0.15) is 13.2 Å². The number of benzene rings is 2. The van der Waals surface area contributed by atoms with E-state index in [1.807, 2.05) is 0 Å². The fourth-order valence-electron chi connectivity index (χ4n) is 3.44. The Kier molecular flexibility index (Phi) is 7.23. The molecule has 0 radical (unpaired) electrons. The summed E-state index contributed by atoms with van der Waals surface area (Å²) < 4.78 is 42.1. The second-order valence-corrected chi connectivity index (χ2v) is 8.71. The van der Waals surface area contributed by atoms with Crippen LogP contribution in [0, 0.1) is 0 Å². The molecular formula is C22H19Cl2F3N6O3. The van der Waals surface area contributed by atoms with E-state index in [9.17, 15) is 28.2 Å². The number of nitrogens with zero attached hydrogens (tertiary/aromatic N) is 6. The SMILES string of the molecule is C[C@@H](O)c1nc(Cn2nc(-c3ccc(Cl)cc3)n(C[C@H](O)C(F)(F)F)c2=O)nn1-c1ccccc1Cl. The standard InChI is InChI=1S/C22H19Cl2F3N6O3/c1-12(34)19-28-18(29-33(19)16-5-3-2-4-15(16)24)11-32-21(36)31(10-17(35)22(25,26)27)20(30-32)13-6-8-14(23)9-7-13/h2-9,12,17,34-35H,10-11H2,1H3/t12-,17+/m1/s1. The van der Waals surface area contributed by atoms with Crippen molar-refractivity contribution < 1.29 is 23.4 Å². The van der Waals surface area contributed by atoms with Gasteiger partial charge in [0.1, 0.15) is 12.6 Å². The molecule has 2 N–H and O–H groups in total. The predicted octanol–water partition coefficient (Wildman–Crippen LogP) is 3.62. The van der Waals surface area contributed by atoms with E-state index >= 15 is 0 Å². The lowest BCUT2D eigenvalue weighted by atomic mass is 10.2. The Balaban J connectivity index is 1.78. The van der Waals surface area contributed by atoms with Crippen LogP contribution in [0.5, 0.6) is 0 Å². The summed E-state index contributed by atoms with van der Waals surface area (Å²) in [5.41, 5.74) is -0.179. The molecular weight excluding hydrogens is 524 g/mol. The van der Waals surface area contributed by atoms with Crippen LogP contribution in [0.2, 0.25) is 10.0 Å². The zero-order valence-electron chi connectivity index (χ0n) is 18.6. The molecule has 0 fully saturated rings. The van der Waals surface area contributed by atoms with E-state index in [1.54, 1.807) is 24.3 Å². The summed E-state index contributed by atoms with van der Waals surface area (Å²) in [7, 11) is 0. The molecule has 0 saturated carbocycles. The lowest BCUT2D eigenvalue weighted by Crippen LogP contribution is -2.37. The van der Waals surface area contributed by atoms with Crippen LogP contribution in [0.1, 0.15) is 24.7 Å². The smallest absolute Gasteiger partial charge is 0.385 e. The van der Waals surface area contributed by atoms with Crippen molar-refractivity contribution in [3.05, 3.63) is 80.7 Å². The Bertz CT molecular complexity index is 1430. The third-order valence-electron chi connectivity index (χ3n) is 5.18. The Hall–Kier alpha value is -3.19. The van der Waals surface area contributed by atoms with Crippen molar-refractivity contribution in [3.8, 4) is 17.1 Å². The van der Waals surface area contributed by atoms with Gasteiger partial charge in [-0.15, -0.1) is 10.2 Å². The number of rotatable bonds is 7. The molecule has 2 heterocycles. The lowest BCUT2D eigenvalue weighted by molar-refractivity contribution is -0.207. The van der Waals surface area contributed by atoms with Gasteiger partial charge < -0.3 is 10.2 Å². The molecule has 9 nitrogen and oxygen atoms in total. The quantitative estimate of drug-likeness (QED) is 0.369. The summed E-state index contributed by atoms with van der Waals surface area (Å²) in [5.74, 6) is 0.0776. The number of hydrogen-bond acceptors (Lipinski definition) is 6. The first-order chi connectivity index (χ1) is 17.0. The van der Waals surface area contributed by atoms with E-state index in [0.717, 1.165) is 9.25 Å². The highest BCUT2D eigenvalue weighted by Gasteiger charge is 2.39. The van der Waals surface area contributed by atoms with Gasteiger partial charge in [-0.3, -0.25) is 4.57 Å². The number of para-hydroxylation sites is 1. The fourth-order valence-corrected chi connectivity index (χ4v) is 3.78. The summed E-state index contributed by atoms with van der Waals surface area (Å²) in [5, 5.41) is 29.0. The van der Waals surface area contributed by atoms with Gasteiger partial charge in [0.2, 0.25) is 0 Å². The number of halogens is 5. The second kappa shape index (κ2) is 10.1. The predicted molar refractivity (Wildman–Crippen MR) is 125 cm³/mol. The van der Waals surface area contributed by atoms with Crippen molar-refractivity contribution in [2.45, 2.75) is 38.4 Å². The molecule has 0 unspecified atom stereocenters. The molecule has 0 aliphatic carbocycles. The van der Waals surface area contributed by atoms with Crippen LogP contribution in [0.3, 0.4) is 0 Å². The molecule has 0 amide bonds. The second-order valence-electron chi connectivity index (χ2n) is 7.86. The number of hydrogen-bond donors (Lipinski definition) is 2. The molecule has 0 bridgehead atoms. The fraction of sp³-hybridized carbons (Fsp3) is 0.273. The van der Waals surface area contributed by atoms with Crippen LogP contribution in [0.25, 0.3) is 17.1 Å². The highest BCUT2D eigenvalue weighted by Crippen LogP contribution is 2.25. The largest absolute Gasteiger partial charge is 0.416 e. The maximum Gasteiger partial charge on any atom is 0.416 e. The molecule has 2 atom stereocenters. The van der Waals surface area contributed by atoms with E-state index < -0.39 is 30.6 Å². The zero-order valence-corrected chi connectivity index (χ0v) is 20.1. The van der Waals surface area contributed by atoms with E-state index in [1.165, 1.54) is 35.9 Å². The van der Waals surface area contributed by atoms with E-state index in [0.29, 0.717) is 21.3 Å². The Morgan fingerprint density at radius 1 is 1.03 bits per heavy atom. The van der Waals surface area contributed by atoms with Crippen LogP contribution >= 0.6 is 23.2 Å². The van der Waals surface area contributed by atoms with Crippen molar-refractivity contribution >= 4 is 23.2 Å². The van der Waals surface area contributed by atoms with Crippen molar-refractivity contribution in [3.63, 3.8) is 0 Å². The van der Waals surface area contributed by atoms with Gasteiger partial charge in [0.15, 0.2) is 23.6 Å². The highest BCUT2D eigenvalue weighted by molar-refractivity contribution is 6.32. The maximum atomic E-state index is 13.1. The zero-order chi connectivity index (χ0) is 26.2. The number of alkyl halides is 3. The normalized spacial score (nSPS) is 13.7. The van der Waals surface area contributed by atoms with E-state index in [4.69, 9.17) is 23.2 Å². The monoisotopic (exact) mass is 542 g/mol. The third-order valence-corrected chi connectivity index (χ3v) is 5.75. The molecule has 2 aromatic carbocycles. The number of aliphatic hydroxyl groups is 2. The van der Waals surface area contributed by atoms with Gasteiger partial charge in [0.05, 0.1) is 17.3 Å². The van der Waals surface area contributed by atoms with Gasteiger partial charge in [0, 0.05) is 10.6 Å². The lowest BCUT2D eigenvalue weighted by Gasteiger charge is -2.15. The topological polar surface area (TPSA) is 111 Å². The Labute approximate surface area is 212 Å². The Morgan fingerprint density at radius 3 is 2.31 bits per heavy atom. The molecule has 190 valence electrons. The average molecular weight is 543 g/mol. The molecule has 0 spiro atoms. The molecule has 2 aromatic heterocycles. The summed E-state index contributed by atoms with van der Waals surface area (Å²) in [6, 6.07) is 12.7. The van der Waals surface area contributed by atoms with Crippen LogP contribution in [-0.4, -0.2) is 51.6 Å². The minimum atomic E-state index is -4.94. The van der Waals surface area contributed by atoms with Gasteiger partial charge in [-0.1, -0.05) is 35.3 Å². The minimum Gasteiger partial charge on any atom is -0.385 e. The first kappa shape index (κ1) is 25.9. The molecule has 4 aromatic rings. The first-order valence-electron chi connectivity index (χ1n) is 10.5. The van der Waals surface area contributed by atoms with E-state index in [2.05, 4.69) is 15.2 Å². The van der Waals surface area contributed by atoms with Crippen LogP contribution in [-0.2, 0) is 13.1 Å². The molecule has 0 saturated heterocycles. The van der Waals surface area contributed by atoms with E-state index in [-0.39, 0.29) is 24.0 Å². The van der Waals surface area contributed by atoms with Crippen LogP contribution in [0.4, 0.5) is 13.2 Å². The van der Waals surface area contributed by atoms with Crippen molar-refractivity contribution in [2.24, 2.45) is 0 Å². The van der Waals surface area contributed by atoms with Gasteiger partial charge >= 0.3 is 11.9 Å². The highest BCUT2D eigenvalue weighted by atomic mass is 35.5. The molecule has 0 aliphatic heterocycles. The van der Waals surface area contributed by atoms with Crippen LogP contribution in [0.15, 0.2) is 53.3 Å². The van der Waals surface area contributed by atoms with Crippen molar-refractivity contribution in [1.29, 1.82) is 0 Å². The van der Waals surface area contributed by atoms with Crippen molar-refractivity contribution in [2.75, 3.05) is 0 Å². The summed E-state index contributed by atoms with van der Waals surface area (Å²) in [4.78, 5) is 17.3. The number of aromatic nitrogens is 6. The van der Waals surface area contributed by atoms with Gasteiger partial charge in [-0.25, -0.2) is 19.1 Å². The molecule has 4 rings (SSSR count). The number of aliphatic hydroxyl groups excluding tert-OH is 2. The minimum absolute atomic E-state index is 0.0524. The maximum absolute atomic E-state index is 13.1. The van der Waals surface area contributed by atoms with Crippen LogP contribution < -0.4 is 5.69 Å². The first-order valence-corrected chi connectivity index (χ1v) is 11.3.